The number of thiophene rings is 1. The zero-order valence-corrected chi connectivity index (χ0v) is 17.8. The lowest BCUT2D eigenvalue weighted by molar-refractivity contribution is 0.102. The van der Waals surface area contributed by atoms with Crippen molar-refractivity contribution in [3.63, 3.8) is 0 Å². The Morgan fingerprint density at radius 2 is 1.50 bits per heavy atom. The minimum Gasteiger partial charge on any atom is -0.287 e. The summed E-state index contributed by atoms with van der Waals surface area (Å²) < 4.78 is 55.8. The molecule has 7 nitrogen and oxygen atoms in total. The first-order valence-electron chi connectivity index (χ1n) is 8.77. The smallest absolute Gasteiger partial charge is 0.262 e. The summed E-state index contributed by atoms with van der Waals surface area (Å²) >= 11 is 1.06. The van der Waals surface area contributed by atoms with Crippen LogP contribution in [0.15, 0.2) is 93.0 Å². The zero-order valence-electron chi connectivity index (χ0n) is 15.3. The number of ketones is 1. The lowest BCUT2D eigenvalue weighted by atomic mass is 9.91. The monoisotopic (exact) mass is 460 g/mol. The van der Waals surface area contributed by atoms with E-state index in [0.29, 0.717) is 5.56 Å². The Kier molecular flexibility index (Phi) is 5.33. The van der Waals surface area contributed by atoms with E-state index in [9.17, 15) is 21.6 Å². The molecule has 0 amide bonds. The molecule has 1 heterocycles. The number of fused-ring (bicyclic) bond motifs is 1. The van der Waals surface area contributed by atoms with Gasteiger partial charge in [-0.05, 0) is 35.2 Å². The van der Waals surface area contributed by atoms with E-state index in [4.69, 9.17) is 0 Å². The van der Waals surface area contributed by atoms with E-state index >= 15 is 0 Å². The van der Waals surface area contributed by atoms with Gasteiger partial charge in [-0.2, -0.15) is 4.72 Å². The molecule has 2 aromatic carbocycles. The molecule has 1 atom stereocenters. The summed E-state index contributed by atoms with van der Waals surface area (Å²) in [5.74, 6) is -0.531. The van der Waals surface area contributed by atoms with Crippen LogP contribution in [0.2, 0.25) is 0 Å². The number of benzene rings is 2. The first-order valence-corrected chi connectivity index (χ1v) is 12.6. The number of carbonyl (C=O) groups excluding carboxylic acids is 1. The fraction of sp³-hybridized carbons (Fsp3) is 0.0500. The summed E-state index contributed by atoms with van der Waals surface area (Å²) in [4.78, 5) is 12.9. The van der Waals surface area contributed by atoms with E-state index in [-0.39, 0.29) is 20.4 Å². The van der Waals surface area contributed by atoms with Crippen molar-refractivity contribution >= 4 is 37.2 Å². The average Bonchev–Trinajstić information content (AvgIpc) is 3.28. The van der Waals surface area contributed by atoms with E-state index in [1.807, 2.05) is 0 Å². The lowest BCUT2D eigenvalue weighted by Gasteiger charge is -2.24. The van der Waals surface area contributed by atoms with Crippen molar-refractivity contribution < 1.29 is 21.6 Å². The third-order valence-corrected chi connectivity index (χ3v) is 8.68. The number of rotatable bonds is 6. The average molecular weight is 461 g/mol. The third kappa shape index (κ3) is 3.94. The first kappa shape index (κ1) is 20.5. The zero-order chi connectivity index (χ0) is 21.4. The van der Waals surface area contributed by atoms with Gasteiger partial charge in [0.25, 0.3) is 20.0 Å². The molecule has 1 aliphatic rings. The summed E-state index contributed by atoms with van der Waals surface area (Å²) in [7, 11) is -7.88. The number of nitrogens with one attached hydrogen (secondary N) is 2. The molecule has 0 saturated heterocycles. The van der Waals surface area contributed by atoms with Gasteiger partial charge < -0.3 is 0 Å². The van der Waals surface area contributed by atoms with E-state index in [1.54, 1.807) is 47.8 Å². The van der Waals surface area contributed by atoms with Crippen LogP contribution in [0.4, 0.5) is 0 Å². The molecule has 2 N–H and O–H groups in total. The minimum atomic E-state index is -4.02. The van der Waals surface area contributed by atoms with Crippen molar-refractivity contribution in [2.45, 2.75) is 15.1 Å². The molecule has 1 aliphatic carbocycles. The summed E-state index contributed by atoms with van der Waals surface area (Å²) in [6.45, 7) is 0. The van der Waals surface area contributed by atoms with Crippen LogP contribution in [-0.2, 0) is 20.0 Å². The highest BCUT2D eigenvalue weighted by molar-refractivity contribution is 7.91. The maximum Gasteiger partial charge on any atom is 0.262 e. The molecule has 0 radical (unpaired) electrons. The quantitative estimate of drug-likeness (QED) is 0.588. The number of hydrogen-bond donors (Lipinski definition) is 2. The number of carbonyl (C=O) groups is 1. The summed E-state index contributed by atoms with van der Waals surface area (Å²) in [5, 5.41) is 1.64. The Morgan fingerprint density at radius 3 is 2.20 bits per heavy atom. The van der Waals surface area contributed by atoms with Crippen LogP contribution >= 0.6 is 11.3 Å². The first-order chi connectivity index (χ1) is 14.3. The van der Waals surface area contributed by atoms with Crippen LogP contribution in [0.25, 0.3) is 0 Å². The van der Waals surface area contributed by atoms with Gasteiger partial charge in [0.05, 0.1) is 16.6 Å². The Balaban J connectivity index is 1.73. The predicted molar refractivity (Wildman–Crippen MR) is 113 cm³/mol. The van der Waals surface area contributed by atoms with Crippen molar-refractivity contribution in [2.24, 2.45) is 0 Å². The molecule has 3 aromatic rings. The van der Waals surface area contributed by atoms with Crippen molar-refractivity contribution in [1.82, 2.24) is 9.44 Å². The highest BCUT2D eigenvalue weighted by Gasteiger charge is 2.32. The Hall–Kier alpha value is -2.79. The molecule has 154 valence electrons. The van der Waals surface area contributed by atoms with Crippen LogP contribution in [0.5, 0.6) is 0 Å². The standard InChI is InChI=1S/C20H16N2O5S3/c23-20-16-10-5-4-9-15(16)17(21-30(26,27)19-11-6-12-28-19)13-18(20)22-29(24,25)14-7-2-1-3-8-14/h1-13,17,21-22H/t17-/m0/s1. The number of allylic oxidation sites excluding steroid dienone is 1. The van der Waals surface area contributed by atoms with Crippen molar-refractivity contribution in [3.05, 3.63) is 95.0 Å². The normalized spacial score (nSPS) is 16.6. The summed E-state index contributed by atoms with van der Waals surface area (Å²) in [6.07, 6.45) is 1.29. The number of sulfonamides is 2. The summed E-state index contributed by atoms with van der Waals surface area (Å²) in [5.41, 5.74) is 0.464. The van der Waals surface area contributed by atoms with Gasteiger partial charge in [0.15, 0.2) is 0 Å². The van der Waals surface area contributed by atoms with Gasteiger partial charge in [-0.25, -0.2) is 16.8 Å². The van der Waals surface area contributed by atoms with Gasteiger partial charge in [0.1, 0.15) is 4.21 Å². The molecule has 0 saturated carbocycles. The van der Waals surface area contributed by atoms with Crippen molar-refractivity contribution in [1.29, 1.82) is 0 Å². The van der Waals surface area contributed by atoms with Crippen LogP contribution in [0.1, 0.15) is 22.0 Å². The largest absolute Gasteiger partial charge is 0.287 e. The SMILES string of the molecule is O=C1C(NS(=O)(=O)c2ccccc2)=C[C@H](NS(=O)(=O)c2cccs2)c2ccccc21. The summed E-state index contributed by atoms with van der Waals surface area (Å²) in [6, 6.07) is 16.3. The lowest BCUT2D eigenvalue weighted by Crippen LogP contribution is -2.35. The molecule has 1 aromatic heterocycles. The molecule has 0 unspecified atom stereocenters. The molecule has 0 aliphatic heterocycles. The number of hydrogen-bond acceptors (Lipinski definition) is 6. The van der Waals surface area contributed by atoms with Gasteiger partial charge in [-0.15, -0.1) is 11.3 Å². The van der Waals surface area contributed by atoms with E-state index in [0.717, 1.165) is 11.3 Å². The van der Waals surface area contributed by atoms with Gasteiger partial charge in [0, 0.05) is 5.56 Å². The second-order valence-electron chi connectivity index (χ2n) is 6.45. The van der Waals surface area contributed by atoms with E-state index < -0.39 is 31.9 Å². The fourth-order valence-corrected chi connectivity index (χ4v) is 6.33. The molecule has 10 heteroatoms. The van der Waals surface area contributed by atoms with Crippen LogP contribution in [0, 0.1) is 0 Å². The molecule has 30 heavy (non-hydrogen) atoms. The van der Waals surface area contributed by atoms with Crippen LogP contribution in [-0.4, -0.2) is 22.6 Å². The van der Waals surface area contributed by atoms with Crippen molar-refractivity contribution in [2.75, 3.05) is 0 Å². The van der Waals surface area contributed by atoms with Crippen molar-refractivity contribution in [3.8, 4) is 0 Å². The Morgan fingerprint density at radius 1 is 0.800 bits per heavy atom. The molecule has 0 fully saturated rings. The second-order valence-corrected chi connectivity index (χ2v) is 11.0. The molecular weight excluding hydrogens is 444 g/mol. The Labute approximate surface area is 178 Å². The van der Waals surface area contributed by atoms with Gasteiger partial charge >= 0.3 is 0 Å². The van der Waals surface area contributed by atoms with E-state index in [1.165, 1.54) is 30.3 Å². The molecule has 0 spiro atoms. The highest BCUT2D eigenvalue weighted by atomic mass is 32.2. The van der Waals surface area contributed by atoms with E-state index in [2.05, 4.69) is 9.44 Å². The maximum absolute atomic E-state index is 12.9. The molecule has 0 bridgehead atoms. The highest BCUT2D eigenvalue weighted by Crippen LogP contribution is 2.30. The van der Waals surface area contributed by atoms with Crippen LogP contribution < -0.4 is 9.44 Å². The van der Waals surface area contributed by atoms with Gasteiger partial charge in [-0.3, -0.25) is 9.52 Å². The molecular formula is C20H16N2O5S3. The third-order valence-electron chi connectivity index (χ3n) is 4.46. The van der Waals surface area contributed by atoms with Crippen LogP contribution in [0.3, 0.4) is 0 Å². The predicted octanol–water partition coefficient (Wildman–Crippen LogP) is 2.83. The second kappa shape index (κ2) is 7.80. The topological polar surface area (TPSA) is 109 Å². The fourth-order valence-electron chi connectivity index (χ4n) is 3.08. The molecule has 4 rings (SSSR count). The Bertz CT molecular complexity index is 1330. The maximum atomic E-state index is 12.9. The number of Topliss-reactive ketones (excluding diaryl/α,β-unsaturated/α-hetero) is 1. The van der Waals surface area contributed by atoms with Gasteiger partial charge in [-0.1, -0.05) is 48.5 Å². The van der Waals surface area contributed by atoms with Gasteiger partial charge in [0.2, 0.25) is 5.78 Å². The minimum absolute atomic E-state index is 0.00623.